The van der Waals surface area contributed by atoms with E-state index in [2.05, 4.69) is 53.8 Å². The first-order valence-electron chi connectivity index (χ1n) is 5.96. The molecule has 1 N–H and O–H groups in total. The molecule has 0 amide bonds. The van der Waals surface area contributed by atoms with Gasteiger partial charge >= 0.3 is 0 Å². The van der Waals surface area contributed by atoms with Gasteiger partial charge in [0.1, 0.15) is 0 Å². The average Bonchev–Trinajstić information content (AvgIpc) is 1.94. The van der Waals surface area contributed by atoms with Crippen molar-refractivity contribution in [2.75, 3.05) is 13.1 Å². The van der Waals surface area contributed by atoms with Gasteiger partial charge in [0.05, 0.1) is 0 Å². The molecule has 0 spiro atoms. The fourth-order valence-electron chi connectivity index (χ4n) is 2.07. The largest absolute Gasteiger partial charge is 0.316 e. The van der Waals surface area contributed by atoms with Crippen LogP contribution in [0.3, 0.4) is 0 Å². The Morgan fingerprint density at radius 2 is 1.43 bits per heavy atom. The predicted molar refractivity (Wildman–Crippen MR) is 65.5 cm³/mol. The molecule has 0 rings (SSSR count). The molecule has 0 aliphatic heterocycles. The van der Waals surface area contributed by atoms with Gasteiger partial charge in [-0.1, -0.05) is 48.5 Å². The molecule has 0 fully saturated rings. The summed E-state index contributed by atoms with van der Waals surface area (Å²) in [6.45, 7) is 18.5. The fourth-order valence-corrected chi connectivity index (χ4v) is 2.07. The van der Waals surface area contributed by atoms with Crippen molar-refractivity contribution >= 4 is 0 Å². The molecule has 0 heterocycles. The maximum Gasteiger partial charge on any atom is -0.00130 e. The molecule has 14 heavy (non-hydrogen) atoms. The Morgan fingerprint density at radius 3 is 1.71 bits per heavy atom. The Bertz CT molecular complexity index is 142. The highest BCUT2D eigenvalue weighted by Crippen LogP contribution is 2.31. The normalized spacial score (nSPS) is 15.2. The third-order valence-corrected chi connectivity index (χ3v) is 2.83. The molecule has 86 valence electrons. The van der Waals surface area contributed by atoms with Crippen molar-refractivity contribution in [3.05, 3.63) is 0 Å². The molecule has 0 aromatic carbocycles. The Hall–Kier alpha value is -0.0400. The first kappa shape index (κ1) is 14.0. The van der Waals surface area contributed by atoms with Crippen LogP contribution in [-0.4, -0.2) is 13.1 Å². The van der Waals surface area contributed by atoms with Gasteiger partial charge in [0.15, 0.2) is 0 Å². The monoisotopic (exact) mass is 199 g/mol. The highest BCUT2D eigenvalue weighted by atomic mass is 14.9. The molecule has 0 saturated carbocycles. The van der Waals surface area contributed by atoms with E-state index in [1.54, 1.807) is 0 Å². The second-order valence-electron chi connectivity index (χ2n) is 6.27. The zero-order valence-corrected chi connectivity index (χ0v) is 11.1. The minimum absolute atomic E-state index is 0.415. The maximum absolute atomic E-state index is 3.57. The van der Waals surface area contributed by atoms with E-state index in [1.165, 1.54) is 0 Å². The van der Waals surface area contributed by atoms with Crippen LogP contribution in [0, 0.1) is 23.2 Å². The van der Waals surface area contributed by atoms with Crippen molar-refractivity contribution in [3.63, 3.8) is 0 Å². The number of hydrogen-bond donors (Lipinski definition) is 1. The summed E-state index contributed by atoms with van der Waals surface area (Å²) in [4.78, 5) is 0. The fraction of sp³-hybridized carbons (Fsp3) is 1.00. The lowest BCUT2D eigenvalue weighted by Crippen LogP contribution is -2.36. The SMILES string of the molecule is CC(C)CNCC(C(C)C)C(C)(C)C. The van der Waals surface area contributed by atoms with Crippen LogP contribution in [0.5, 0.6) is 0 Å². The number of nitrogens with one attached hydrogen (secondary N) is 1. The van der Waals surface area contributed by atoms with Gasteiger partial charge in [0, 0.05) is 0 Å². The van der Waals surface area contributed by atoms with Gasteiger partial charge in [-0.2, -0.15) is 0 Å². The summed E-state index contributed by atoms with van der Waals surface area (Å²) in [6, 6.07) is 0. The topological polar surface area (TPSA) is 12.0 Å². The summed E-state index contributed by atoms with van der Waals surface area (Å²) < 4.78 is 0. The van der Waals surface area contributed by atoms with Crippen LogP contribution in [0.2, 0.25) is 0 Å². The minimum atomic E-state index is 0.415. The van der Waals surface area contributed by atoms with Crippen LogP contribution < -0.4 is 5.32 Å². The van der Waals surface area contributed by atoms with Gasteiger partial charge in [0.2, 0.25) is 0 Å². The first-order valence-corrected chi connectivity index (χ1v) is 5.96. The summed E-state index contributed by atoms with van der Waals surface area (Å²) in [5, 5.41) is 3.57. The van der Waals surface area contributed by atoms with Gasteiger partial charge in [-0.15, -0.1) is 0 Å². The van der Waals surface area contributed by atoms with Crippen LogP contribution in [-0.2, 0) is 0 Å². The molecule has 0 aliphatic rings. The van der Waals surface area contributed by atoms with Crippen molar-refractivity contribution in [1.82, 2.24) is 5.32 Å². The molecule has 1 atom stereocenters. The molecule has 1 nitrogen and oxygen atoms in total. The van der Waals surface area contributed by atoms with Gasteiger partial charge in [0.25, 0.3) is 0 Å². The van der Waals surface area contributed by atoms with Gasteiger partial charge < -0.3 is 5.32 Å². The highest BCUT2D eigenvalue weighted by Gasteiger charge is 2.26. The van der Waals surface area contributed by atoms with Gasteiger partial charge in [-0.25, -0.2) is 0 Å². The summed E-state index contributed by atoms with van der Waals surface area (Å²) >= 11 is 0. The van der Waals surface area contributed by atoms with Gasteiger partial charge in [-0.05, 0) is 36.3 Å². The highest BCUT2D eigenvalue weighted by molar-refractivity contribution is 4.78. The zero-order valence-electron chi connectivity index (χ0n) is 11.1. The molecule has 0 bridgehead atoms. The first-order chi connectivity index (χ1) is 6.25. The third-order valence-electron chi connectivity index (χ3n) is 2.83. The van der Waals surface area contributed by atoms with E-state index in [0.29, 0.717) is 5.41 Å². The number of hydrogen-bond acceptors (Lipinski definition) is 1. The molecule has 0 aromatic rings. The van der Waals surface area contributed by atoms with Crippen LogP contribution in [0.1, 0.15) is 48.5 Å². The van der Waals surface area contributed by atoms with Crippen molar-refractivity contribution in [1.29, 1.82) is 0 Å². The van der Waals surface area contributed by atoms with E-state index in [9.17, 15) is 0 Å². The lowest BCUT2D eigenvalue weighted by molar-refractivity contribution is 0.172. The summed E-state index contributed by atoms with van der Waals surface area (Å²) in [5.41, 5.74) is 0.415. The van der Waals surface area contributed by atoms with Crippen molar-refractivity contribution in [2.24, 2.45) is 23.2 Å². The average molecular weight is 199 g/mol. The maximum atomic E-state index is 3.57. The van der Waals surface area contributed by atoms with E-state index >= 15 is 0 Å². The predicted octanol–water partition coefficient (Wildman–Crippen LogP) is 3.55. The summed E-state index contributed by atoms with van der Waals surface area (Å²) in [6.07, 6.45) is 0. The summed E-state index contributed by atoms with van der Waals surface area (Å²) in [5.74, 6) is 2.28. The zero-order chi connectivity index (χ0) is 11.4. The summed E-state index contributed by atoms with van der Waals surface area (Å²) in [7, 11) is 0. The molecule has 0 aliphatic carbocycles. The molecule has 0 saturated heterocycles. The molecular formula is C13H29N. The second-order valence-corrected chi connectivity index (χ2v) is 6.27. The lowest BCUT2D eigenvalue weighted by Gasteiger charge is -2.34. The number of rotatable bonds is 5. The Morgan fingerprint density at radius 1 is 0.929 bits per heavy atom. The lowest BCUT2D eigenvalue weighted by atomic mass is 9.74. The van der Waals surface area contributed by atoms with E-state index in [-0.39, 0.29) is 0 Å². The van der Waals surface area contributed by atoms with E-state index < -0.39 is 0 Å². The molecule has 0 radical (unpaired) electrons. The second kappa shape index (κ2) is 5.75. The van der Waals surface area contributed by atoms with Crippen LogP contribution >= 0.6 is 0 Å². The quantitative estimate of drug-likeness (QED) is 0.714. The van der Waals surface area contributed by atoms with Gasteiger partial charge in [-0.3, -0.25) is 0 Å². The molecular weight excluding hydrogens is 170 g/mol. The van der Waals surface area contributed by atoms with Crippen LogP contribution in [0.25, 0.3) is 0 Å². The Kier molecular flexibility index (Phi) is 5.73. The third kappa shape index (κ3) is 5.64. The molecule has 1 unspecified atom stereocenters. The minimum Gasteiger partial charge on any atom is -0.316 e. The van der Waals surface area contributed by atoms with Crippen molar-refractivity contribution < 1.29 is 0 Å². The Labute approximate surface area is 90.7 Å². The molecule has 0 aromatic heterocycles. The van der Waals surface area contributed by atoms with Crippen LogP contribution in [0.4, 0.5) is 0 Å². The van der Waals surface area contributed by atoms with Crippen molar-refractivity contribution in [3.8, 4) is 0 Å². The van der Waals surface area contributed by atoms with E-state index in [1.807, 2.05) is 0 Å². The standard InChI is InChI=1S/C13H29N/c1-10(2)8-14-9-12(11(3)4)13(5,6)7/h10-12,14H,8-9H2,1-7H3. The van der Waals surface area contributed by atoms with Crippen LogP contribution in [0.15, 0.2) is 0 Å². The van der Waals surface area contributed by atoms with E-state index in [0.717, 1.165) is 30.8 Å². The Balaban J connectivity index is 4.00. The van der Waals surface area contributed by atoms with E-state index in [4.69, 9.17) is 0 Å². The molecule has 1 heteroatoms. The smallest absolute Gasteiger partial charge is 0.00130 e. The van der Waals surface area contributed by atoms with Crippen molar-refractivity contribution in [2.45, 2.75) is 48.5 Å².